The zero-order chi connectivity index (χ0) is 12.7. The van der Waals surface area contributed by atoms with Gasteiger partial charge in [0, 0.05) is 0 Å². The number of aryl methyl sites for hydroxylation is 1. The summed E-state index contributed by atoms with van der Waals surface area (Å²) in [6, 6.07) is 1.97. The van der Waals surface area contributed by atoms with Gasteiger partial charge in [0.05, 0.1) is 26.8 Å². The second kappa shape index (κ2) is 4.82. The molecule has 0 N–H and O–H groups in total. The van der Waals surface area contributed by atoms with Crippen LogP contribution in [0.4, 0.5) is 0 Å². The number of ether oxygens (including phenoxy) is 1. The van der Waals surface area contributed by atoms with Crippen LogP contribution < -0.4 is 0 Å². The Bertz CT molecular complexity index is 421. The number of hydrogen-bond acceptors (Lipinski definition) is 3. The molecule has 0 amide bonds. The summed E-state index contributed by atoms with van der Waals surface area (Å²) in [5.41, 5.74) is 1.13. The maximum Gasteiger partial charge on any atom is 0.178 e. The molecule has 2 heterocycles. The number of rotatable bonds is 2. The molecule has 1 aromatic rings. The Morgan fingerprint density at radius 3 is 2.41 bits per heavy atom. The summed E-state index contributed by atoms with van der Waals surface area (Å²) in [4.78, 5) is 13.3. The first kappa shape index (κ1) is 13.2. The molecule has 0 bridgehead atoms. The number of carbonyl (C=O) groups is 1. The van der Waals surface area contributed by atoms with Crippen LogP contribution in [0.15, 0.2) is 9.85 Å². The van der Waals surface area contributed by atoms with Gasteiger partial charge >= 0.3 is 0 Å². The van der Waals surface area contributed by atoms with E-state index in [9.17, 15) is 4.79 Å². The summed E-state index contributed by atoms with van der Waals surface area (Å²) in [7, 11) is 0. The first-order valence-electron chi connectivity index (χ1n) is 5.87. The fraction of sp³-hybridized carbons (Fsp3) is 0.615. The predicted molar refractivity (Wildman–Crippen MR) is 73.7 cm³/mol. The van der Waals surface area contributed by atoms with E-state index in [4.69, 9.17) is 4.74 Å². The van der Waals surface area contributed by atoms with E-state index in [1.54, 1.807) is 0 Å². The maximum absolute atomic E-state index is 12.5. The number of carbonyl (C=O) groups excluding carboxylic acids is 1. The van der Waals surface area contributed by atoms with Crippen molar-refractivity contribution in [1.82, 2.24) is 0 Å². The first-order valence-corrected chi connectivity index (χ1v) is 7.48. The van der Waals surface area contributed by atoms with Gasteiger partial charge in [0.1, 0.15) is 0 Å². The van der Waals surface area contributed by atoms with E-state index >= 15 is 0 Å². The zero-order valence-electron chi connectivity index (χ0n) is 10.5. The molecule has 17 heavy (non-hydrogen) atoms. The highest BCUT2D eigenvalue weighted by Gasteiger charge is 2.42. The molecule has 1 saturated heterocycles. The molecule has 0 saturated carbocycles. The summed E-state index contributed by atoms with van der Waals surface area (Å²) in [5, 5.41) is 0. The molecule has 1 aliphatic heterocycles. The van der Waals surface area contributed by atoms with Crippen LogP contribution in [-0.2, 0) is 4.74 Å². The molecule has 0 radical (unpaired) electrons. The maximum atomic E-state index is 12.5. The largest absolute Gasteiger partial charge is 0.374 e. The highest BCUT2D eigenvalue weighted by atomic mass is 79.9. The van der Waals surface area contributed by atoms with E-state index in [0.717, 1.165) is 14.2 Å². The molecule has 2 nitrogen and oxygen atoms in total. The predicted octanol–water partition coefficient (Wildman–Crippen LogP) is 4.06. The van der Waals surface area contributed by atoms with E-state index in [0.29, 0.717) is 5.92 Å². The van der Waals surface area contributed by atoms with Gasteiger partial charge in [-0.25, -0.2) is 0 Å². The van der Waals surface area contributed by atoms with Crippen molar-refractivity contribution in [3.63, 3.8) is 0 Å². The topological polar surface area (TPSA) is 26.3 Å². The number of hydrogen-bond donors (Lipinski definition) is 0. The standard InChI is InChI=1S/C13H17BrO2S/c1-6-5-10(17-13(6)14)12(15)11-7(2)8(3)16-9(11)4/h5,7-9,11H,1-4H3. The van der Waals surface area contributed by atoms with Gasteiger partial charge in [0.25, 0.3) is 0 Å². The lowest BCUT2D eigenvalue weighted by Gasteiger charge is -2.15. The van der Waals surface area contributed by atoms with Crippen molar-refractivity contribution < 1.29 is 9.53 Å². The third-order valence-electron chi connectivity index (χ3n) is 3.64. The third kappa shape index (κ3) is 2.35. The van der Waals surface area contributed by atoms with E-state index in [1.165, 1.54) is 11.3 Å². The Labute approximate surface area is 114 Å². The summed E-state index contributed by atoms with van der Waals surface area (Å²) in [6.07, 6.45) is 0.192. The molecule has 4 atom stereocenters. The Kier molecular flexibility index (Phi) is 3.76. The molecule has 94 valence electrons. The smallest absolute Gasteiger partial charge is 0.178 e. The van der Waals surface area contributed by atoms with Gasteiger partial charge in [-0.3, -0.25) is 4.79 Å². The van der Waals surface area contributed by atoms with Gasteiger partial charge in [-0.05, 0) is 54.2 Å². The van der Waals surface area contributed by atoms with Gasteiger partial charge in [0.2, 0.25) is 0 Å². The van der Waals surface area contributed by atoms with E-state index in [-0.39, 0.29) is 23.9 Å². The number of Topliss-reactive ketones (excluding diaryl/α,β-unsaturated/α-hetero) is 1. The van der Waals surface area contributed by atoms with E-state index in [1.807, 2.05) is 26.8 Å². The van der Waals surface area contributed by atoms with Crippen LogP contribution >= 0.6 is 27.3 Å². The fourth-order valence-electron chi connectivity index (χ4n) is 2.46. The minimum absolute atomic E-state index is 0.00468. The monoisotopic (exact) mass is 316 g/mol. The van der Waals surface area contributed by atoms with Crippen molar-refractivity contribution in [2.75, 3.05) is 0 Å². The highest BCUT2D eigenvalue weighted by Crippen LogP contribution is 2.37. The molecule has 0 aromatic carbocycles. The van der Waals surface area contributed by atoms with Crippen LogP contribution in [0.3, 0.4) is 0 Å². The van der Waals surface area contributed by atoms with Crippen LogP contribution in [0.25, 0.3) is 0 Å². The zero-order valence-corrected chi connectivity index (χ0v) is 12.9. The Morgan fingerprint density at radius 2 is 2.00 bits per heavy atom. The SMILES string of the molecule is Cc1cc(C(=O)C2C(C)OC(C)C2C)sc1Br. The number of ketones is 1. The van der Waals surface area contributed by atoms with Gasteiger partial charge in [-0.2, -0.15) is 0 Å². The van der Waals surface area contributed by atoms with Gasteiger partial charge in [-0.15, -0.1) is 11.3 Å². The van der Waals surface area contributed by atoms with Crippen molar-refractivity contribution >= 4 is 33.0 Å². The van der Waals surface area contributed by atoms with Crippen LogP contribution in [0, 0.1) is 18.8 Å². The molecule has 4 heteroatoms. The Balaban J connectivity index is 2.26. The molecule has 4 unspecified atom stereocenters. The molecule has 0 aliphatic carbocycles. The summed E-state index contributed by atoms with van der Waals surface area (Å²) >= 11 is 5.00. The van der Waals surface area contributed by atoms with E-state index in [2.05, 4.69) is 22.9 Å². The average molecular weight is 317 g/mol. The van der Waals surface area contributed by atoms with Gasteiger partial charge in [0.15, 0.2) is 5.78 Å². The van der Waals surface area contributed by atoms with Crippen molar-refractivity contribution in [3.05, 3.63) is 20.3 Å². The second-order valence-electron chi connectivity index (χ2n) is 4.86. The van der Waals surface area contributed by atoms with Crippen LogP contribution in [0.5, 0.6) is 0 Å². The lowest BCUT2D eigenvalue weighted by atomic mass is 9.85. The molecule has 1 aromatic heterocycles. The van der Waals surface area contributed by atoms with E-state index < -0.39 is 0 Å². The molecular formula is C13H17BrO2S. The van der Waals surface area contributed by atoms with Gasteiger partial charge in [-0.1, -0.05) is 6.92 Å². The lowest BCUT2D eigenvalue weighted by Crippen LogP contribution is -2.26. The second-order valence-corrected chi connectivity index (χ2v) is 7.23. The van der Waals surface area contributed by atoms with Crippen molar-refractivity contribution in [2.24, 2.45) is 11.8 Å². The quantitative estimate of drug-likeness (QED) is 0.769. The molecule has 1 fully saturated rings. The Morgan fingerprint density at radius 1 is 1.35 bits per heavy atom. The molecule has 0 spiro atoms. The number of thiophene rings is 1. The summed E-state index contributed by atoms with van der Waals surface area (Å²) in [6.45, 7) is 8.16. The summed E-state index contributed by atoms with van der Waals surface area (Å²) in [5.74, 6) is 0.516. The van der Waals surface area contributed by atoms with Crippen molar-refractivity contribution in [2.45, 2.75) is 39.9 Å². The van der Waals surface area contributed by atoms with Crippen LogP contribution in [0.2, 0.25) is 0 Å². The lowest BCUT2D eigenvalue weighted by molar-refractivity contribution is 0.0492. The van der Waals surface area contributed by atoms with Crippen molar-refractivity contribution in [1.29, 1.82) is 0 Å². The fourth-order valence-corrected chi connectivity index (χ4v) is 3.99. The minimum atomic E-state index is -0.00468. The highest BCUT2D eigenvalue weighted by molar-refractivity contribution is 9.11. The normalized spacial score (nSPS) is 33.0. The average Bonchev–Trinajstić information content (AvgIpc) is 2.70. The third-order valence-corrected chi connectivity index (χ3v) is 5.80. The Hall–Kier alpha value is -0.190. The molecular weight excluding hydrogens is 300 g/mol. The molecule has 1 aliphatic rings. The van der Waals surface area contributed by atoms with Gasteiger partial charge < -0.3 is 4.74 Å². The molecule has 2 rings (SSSR count). The summed E-state index contributed by atoms with van der Waals surface area (Å²) < 4.78 is 6.79. The van der Waals surface area contributed by atoms with Crippen LogP contribution in [-0.4, -0.2) is 18.0 Å². The van der Waals surface area contributed by atoms with Crippen LogP contribution in [0.1, 0.15) is 36.0 Å². The number of halogens is 1. The minimum Gasteiger partial charge on any atom is -0.374 e. The van der Waals surface area contributed by atoms with Crippen molar-refractivity contribution in [3.8, 4) is 0 Å². The first-order chi connectivity index (χ1) is 7.91.